The number of hydrogen-bond acceptors (Lipinski definition) is 0. The first-order valence-electron chi connectivity index (χ1n) is 6.44. The molecule has 0 heterocycles. The third kappa shape index (κ3) is 2.39. The third-order valence-corrected chi connectivity index (χ3v) is 4.16. The van der Waals surface area contributed by atoms with Gasteiger partial charge in [0, 0.05) is 5.92 Å². The van der Waals surface area contributed by atoms with E-state index in [0.717, 1.165) is 12.8 Å². The molecule has 0 aliphatic rings. The fraction of sp³-hybridized carbons (Fsp3) is 0.529. The van der Waals surface area contributed by atoms with Crippen LogP contribution in [0, 0.1) is 47.0 Å². The van der Waals surface area contributed by atoms with Gasteiger partial charge in [-0.05, 0) is 80.8 Å². The minimum absolute atomic E-state index is 0.165. The summed E-state index contributed by atoms with van der Waals surface area (Å²) in [6.07, 6.45) is 9.66. The Kier molecular flexibility index (Phi) is 4.40. The van der Waals surface area contributed by atoms with Crippen molar-refractivity contribution in [2.24, 2.45) is 0 Å². The highest BCUT2D eigenvalue weighted by atomic mass is 14.2. The zero-order valence-corrected chi connectivity index (χ0v) is 12.0. The highest BCUT2D eigenvalue weighted by molar-refractivity contribution is 5.52. The Morgan fingerprint density at radius 2 is 1.29 bits per heavy atom. The first kappa shape index (κ1) is 13.8. The topological polar surface area (TPSA) is 0 Å². The van der Waals surface area contributed by atoms with E-state index in [1.54, 1.807) is 0 Å². The second-order valence-corrected chi connectivity index (χ2v) is 5.02. The molecule has 0 N–H and O–H groups in total. The molecule has 1 aromatic carbocycles. The Morgan fingerprint density at radius 3 is 1.65 bits per heavy atom. The summed E-state index contributed by atoms with van der Waals surface area (Å²) in [5.74, 6) is 2.89. The van der Waals surface area contributed by atoms with Gasteiger partial charge in [-0.1, -0.05) is 19.3 Å². The third-order valence-electron chi connectivity index (χ3n) is 4.16. The van der Waals surface area contributed by atoms with E-state index in [1.165, 1.54) is 33.4 Å². The summed E-state index contributed by atoms with van der Waals surface area (Å²) in [5.41, 5.74) is 8.18. The average Bonchev–Trinajstić information content (AvgIpc) is 2.33. The second kappa shape index (κ2) is 5.41. The van der Waals surface area contributed by atoms with Crippen molar-refractivity contribution >= 4 is 0 Å². The predicted octanol–water partition coefficient (Wildman–Crippen LogP) is 4.70. The van der Waals surface area contributed by atoms with Crippen LogP contribution in [0.5, 0.6) is 0 Å². The van der Waals surface area contributed by atoms with Crippen LogP contribution in [0.15, 0.2) is 0 Å². The van der Waals surface area contributed by atoms with Gasteiger partial charge in [0.25, 0.3) is 0 Å². The van der Waals surface area contributed by atoms with Gasteiger partial charge in [0.05, 0.1) is 0 Å². The molecule has 1 aromatic rings. The quantitative estimate of drug-likeness (QED) is 0.656. The van der Waals surface area contributed by atoms with Crippen molar-refractivity contribution < 1.29 is 0 Å². The van der Waals surface area contributed by atoms with E-state index < -0.39 is 0 Å². The largest absolute Gasteiger partial charge is 0.0809 e. The van der Waals surface area contributed by atoms with Gasteiger partial charge in [-0.3, -0.25) is 0 Å². The standard InChI is InChI=1S/C17H23/c1-8-10-16(9-2)17-14(6)12(4)11(3)13(5)15(17)7/h16H,8,10H2,1,3-7H3. The lowest BCUT2D eigenvalue weighted by Crippen LogP contribution is -2.07. The molecule has 0 aromatic heterocycles. The fourth-order valence-electron chi connectivity index (χ4n) is 2.63. The molecule has 1 unspecified atom stereocenters. The van der Waals surface area contributed by atoms with Crippen molar-refractivity contribution in [3.05, 3.63) is 39.8 Å². The van der Waals surface area contributed by atoms with Crippen molar-refractivity contribution in [1.29, 1.82) is 0 Å². The van der Waals surface area contributed by atoms with Crippen molar-refractivity contribution in [2.45, 2.75) is 60.3 Å². The second-order valence-electron chi connectivity index (χ2n) is 5.02. The SMILES string of the molecule is [C]#CC(CCC)c1c(C)c(C)c(C)c(C)c1C. The molecule has 0 fully saturated rings. The van der Waals surface area contributed by atoms with Gasteiger partial charge in [-0.15, -0.1) is 0 Å². The van der Waals surface area contributed by atoms with Crippen LogP contribution >= 0.6 is 0 Å². The average molecular weight is 227 g/mol. The van der Waals surface area contributed by atoms with Crippen molar-refractivity contribution in [1.82, 2.24) is 0 Å². The van der Waals surface area contributed by atoms with Gasteiger partial charge in [0.2, 0.25) is 0 Å². The van der Waals surface area contributed by atoms with Crippen LogP contribution in [0.25, 0.3) is 0 Å². The lowest BCUT2D eigenvalue weighted by molar-refractivity contribution is 0.723. The molecule has 0 saturated carbocycles. The molecular formula is C17H23. The van der Waals surface area contributed by atoms with Crippen molar-refractivity contribution in [3.63, 3.8) is 0 Å². The molecule has 0 nitrogen and oxygen atoms in total. The Bertz CT molecular complexity index is 429. The Morgan fingerprint density at radius 1 is 0.882 bits per heavy atom. The first-order valence-corrected chi connectivity index (χ1v) is 6.44. The molecule has 91 valence electrons. The van der Waals surface area contributed by atoms with E-state index in [9.17, 15) is 0 Å². The lowest BCUT2D eigenvalue weighted by Gasteiger charge is -2.22. The molecule has 0 bridgehead atoms. The fourth-order valence-corrected chi connectivity index (χ4v) is 2.63. The summed E-state index contributed by atoms with van der Waals surface area (Å²) in [6, 6.07) is 0. The highest BCUT2D eigenvalue weighted by Gasteiger charge is 2.18. The molecule has 0 aliphatic heterocycles. The molecule has 0 heteroatoms. The van der Waals surface area contributed by atoms with E-state index in [4.69, 9.17) is 6.42 Å². The molecule has 17 heavy (non-hydrogen) atoms. The minimum atomic E-state index is 0.165. The Balaban J connectivity index is 3.48. The number of hydrogen-bond donors (Lipinski definition) is 0. The van der Waals surface area contributed by atoms with Crippen LogP contribution < -0.4 is 0 Å². The first-order chi connectivity index (χ1) is 7.95. The van der Waals surface area contributed by atoms with Crippen molar-refractivity contribution in [3.8, 4) is 5.92 Å². The van der Waals surface area contributed by atoms with E-state index in [-0.39, 0.29) is 5.92 Å². The summed E-state index contributed by atoms with van der Waals surface area (Å²) in [4.78, 5) is 0. The maximum Gasteiger partial charge on any atom is 0.0467 e. The molecule has 1 atom stereocenters. The van der Waals surface area contributed by atoms with Gasteiger partial charge in [0.15, 0.2) is 0 Å². The van der Waals surface area contributed by atoms with Gasteiger partial charge in [0.1, 0.15) is 0 Å². The monoisotopic (exact) mass is 227 g/mol. The summed E-state index contributed by atoms with van der Waals surface area (Å²) >= 11 is 0. The Labute approximate surface area is 106 Å². The molecule has 0 aliphatic carbocycles. The Hall–Kier alpha value is -1.22. The van der Waals surface area contributed by atoms with Gasteiger partial charge < -0.3 is 0 Å². The van der Waals surface area contributed by atoms with E-state index >= 15 is 0 Å². The normalized spacial score (nSPS) is 12.3. The number of rotatable bonds is 3. The minimum Gasteiger partial charge on any atom is -0.0809 e. The molecular weight excluding hydrogens is 204 g/mol. The summed E-state index contributed by atoms with van der Waals surface area (Å²) in [7, 11) is 0. The van der Waals surface area contributed by atoms with E-state index in [1.807, 2.05) is 0 Å². The maximum atomic E-state index is 7.54. The summed E-state index contributed by atoms with van der Waals surface area (Å²) < 4.78 is 0. The van der Waals surface area contributed by atoms with Crippen LogP contribution in [-0.2, 0) is 0 Å². The van der Waals surface area contributed by atoms with Crippen LogP contribution in [0.3, 0.4) is 0 Å². The smallest absolute Gasteiger partial charge is 0.0467 e. The maximum absolute atomic E-state index is 7.54. The van der Waals surface area contributed by atoms with E-state index in [0.29, 0.717) is 0 Å². The van der Waals surface area contributed by atoms with Gasteiger partial charge >= 0.3 is 0 Å². The van der Waals surface area contributed by atoms with Crippen LogP contribution in [0.2, 0.25) is 0 Å². The summed E-state index contributed by atoms with van der Waals surface area (Å²) in [5, 5.41) is 0. The predicted molar refractivity (Wildman–Crippen MR) is 74.9 cm³/mol. The molecule has 0 saturated heterocycles. The molecule has 0 amide bonds. The highest BCUT2D eigenvalue weighted by Crippen LogP contribution is 2.33. The van der Waals surface area contributed by atoms with Gasteiger partial charge in [-0.25, -0.2) is 0 Å². The van der Waals surface area contributed by atoms with Gasteiger partial charge in [-0.2, -0.15) is 0 Å². The summed E-state index contributed by atoms with van der Waals surface area (Å²) in [6.45, 7) is 13.1. The van der Waals surface area contributed by atoms with Crippen molar-refractivity contribution in [2.75, 3.05) is 0 Å². The lowest BCUT2D eigenvalue weighted by atomic mass is 9.82. The zero-order chi connectivity index (χ0) is 13.2. The molecule has 0 spiro atoms. The van der Waals surface area contributed by atoms with Crippen LogP contribution in [0.1, 0.15) is 59.1 Å². The zero-order valence-electron chi connectivity index (χ0n) is 12.0. The van der Waals surface area contributed by atoms with Crippen LogP contribution in [-0.4, -0.2) is 0 Å². The molecule has 1 rings (SSSR count). The number of benzene rings is 1. The molecule has 1 radical (unpaired) electrons. The van der Waals surface area contributed by atoms with E-state index in [2.05, 4.69) is 47.5 Å². The van der Waals surface area contributed by atoms with Crippen LogP contribution in [0.4, 0.5) is 0 Å².